The van der Waals surface area contributed by atoms with Crippen molar-refractivity contribution in [2.75, 3.05) is 11.9 Å². The lowest BCUT2D eigenvalue weighted by Crippen LogP contribution is -2.50. The third-order valence-electron chi connectivity index (χ3n) is 4.46. The second kappa shape index (κ2) is 8.50. The zero-order valence-electron chi connectivity index (χ0n) is 14.7. The standard InChI is InChI=1S/C18H25N3O4/c1-3-12-8-7-9-13(4-2)15(12)20-17(23)21-11-6-5-10-14(16(21)22)19-18(24)25/h7-9,14,19H,3-6,10-11H2,1-2H3,(H,20,23)(H,24,25)/t14-/m0/s1. The van der Waals surface area contributed by atoms with Gasteiger partial charge in [-0.1, -0.05) is 32.0 Å². The molecule has 1 aliphatic rings. The average Bonchev–Trinajstić information content (AvgIpc) is 2.76. The van der Waals surface area contributed by atoms with Crippen molar-refractivity contribution in [1.82, 2.24) is 10.2 Å². The predicted molar refractivity (Wildman–Crippen MR) is 94.7 cm³/mol. The van der Waals surface area contributed by atoms with Crippen LogP contribution in [-0.2, 0) is 17.6 Å². The van der Waals surface area contributed by atoms with E-state index in [1.165, 1.54) is 0 Å². The third-order valence-corrected chi connectivity index (χ3v) is 4.46. The monoisotopic (exact) mass is 347 g/mol. The largest absolute Gasteiger partial charge is 0.465 e. The van der Waals surface area contributed by atoms with Gasteiger partial charge in [0.2, 0.25) is 0 Å². The van der Waals surface area contributed by atoms with Crippen molar-refractivity contribution in [3.05, 3.63) is 29.3 Å². The normalized spacial score (nSPS) is 17.8. The number of carboxylic acid groups (broad SMARTS) is 1. The fraction of sp³-hybridized carbons (Fsp3) is 0.500. The van der Waals surface area contributed by atoms with Crippen LogP contribution in [0.1, 0.15) is 44.2 Å². The summed E-state index contributed by atoms with van der Waals surface area (Å²) >= 11 is 0. The molecule has 0 bridgehead atoms. The van der Waals surface area contributed by atoms with Crippen molar-refractivity contribution in [3.63, 3.8) is 0 Å². The summed E-state index contributed by atoms with van der Waals surface area (Å²) in [5.74, 6) is -0.496. The van der Waals surface area contributed by atoms with Crippen molar-refractivity contribution in [3.8, 4) is 0 Å². The Kier molecular flexibility index (Phi) is 6.38. The number of anilines is 1. The number of hydrogen-bond donors (Lipinski definition) is 3. The number of nitrogens with one attached hydrogen (secondary N) is 2. The Morgan fingerprint density at radius 3 is 2.40 bits per heavy atom. The zero-order valence-corrected chi connectivity index (χ0v) is 14.7. The summed E-state index contributed by atoms with van der Waals surface area (Å²) in [5.41, 5.74) is 2.77. The van der Waals surface area contributed by atoms with Crippen molar-refractivity contribution in [2.24, 2.45) is 0 Å². The third kappa shape index (κ3) is 4.49. The minimum absolute atomic E-state index is 0.290. The van der Waals surface area contributed by atoms with Crippen LogP contribution in [0.3, 0.4) is 0 Å². The number of carbonyl (C=O) groups is 3. The minimum atomic E-state index is -1.26. The molecule has 0 aliphatic carbocycles. The highest BCUT2D eigenvalue weighted by molar-refractivity contribution is 6.04. The molecule has 0 radical (unpaired) electrons. The highest BCUT2D eigenvalue weighted by Gasteiger charge is 2.32. The number of nitrogens with zero attached hydrogens (tertiary/aromatic N) is 1. The second-order valence-corrected chi connectivity index (χ2v) is 6.08. The Labute approximate surface area is 147 Å². The van der Waals surface area contributed by atoms with E-state index in [2.05, 4.69) is 10.6 Å². The molecule has 7 nitrogen and oxygen atoms in total. The zero-order chi connectivity index (χ0) is 18.4. The van der Waals surface area contributed by atoms with Gasteiger partial charge in [0.15, 0.2) is 0 Å². The average molecular weight is 347 g/mol. The number of para-hydroxylation sites is 1. The van der Waals surface area contributed by atoms with Gasteiger partial charge in [-0.2, -0.15) is 0 Å². The summed E-state index contributed by atoms with van der Waals surface area (Å²) in [6, 6.07) is 4.48. The number of benzene rings is 1. The van der Waals surface area contributed by atoms with E-state index in [1.54, 1.807) is 0 Å². The fourth-order valence-electron chi connectivity index (χ4n) is 3.10. The molecule has 136 valence electrons. The predicted octanol–water partition coefficient (Wildman–Crippen LogP) is 2.99. The van der Waals surface area contributed by atoms with Gasteiger partial charge in [0.05, 0.1) is 0 Å². The van der Waals surface area contributed by atoms with E-state index in [0.717, 1.165) is 34.6 Å². The Morgan fingerprint density at radius 1 is 1.20 bits per heavy atom. The summed E-state index contributed by atoms with van der Waals surface area (Å²) in [4.78, 5) is 37.3. The van der Waals surface area contributed by atoms with Crippen LogP contribution >= 0.6 is 0 Å². The van der Waals surface area contributed by atoms with E-state index in [1.807, 2.05) is 32.0 Å². The number of hydrogen-bond acceptors (Lipinski definition) is 3. The van der Waals surface area contributed by atoms with Gasteiger partial charge in [0.1, 0.15) is 6.04 Å². The van der Waals surface area contributed by atoms with E-state index >= 15 is 0 Å². The molecule has 1 atom stereocenters. The summed E-state index contributed by atoms with van der Waals surface area (Å²) in [7, 11) is 0. The van der Waals surface area contributed by atoms with E-state index in [4.69, 9.17) is 5.11 Å². The molecule has 25 heavy (non-hydrogen) atoms. The maximum atomic E-state index is 12.7. The van der Waals surface area contributed by atoms with Gasteiger partial charge in [-0.15, -0.1) is 0 Å². The van der Waals surface area contributed by atoms with E-state index < -0.39 is 24.1 Å². The smallest absolute Gasteiger partial charge is 0.405 e. The molecule has 1 saturated heterocycles. The van der Waals surface area contributed by atoms with Crippen LogP contribution in [0.15, 0.2) is 18.2 Å². The molecule has 0 aromatic heterocycles. The lowest BCUT2D eigenvalue weighted by Gasteiger charge is -2.24. The highest BCUT2D eigenvalue weighted by Crippen LogP contribution is 2.23. The summed E-state index contributed by atoms with van der Waals surface area (Å²) < 4.78 is 0. The van der Waals surface area contributed by atoms with Crippen LogP contribution in [0.2, 0.25) is 0 Å². The number of aryl methyl sites for hydroxylation is 2. The first-order valence-electron chi connectivity index (χ1n) is 8.70. The van der Waals surface area contributed by atoms with Gasteiger partial charge in [-0.3, -0.25) is 9.69 Å². The molecular weight excluding hydrogens is 322 g/mol. The van der Waals surface area contributed by atoms with Gasteiger partial charge in [-0.25, -0.2) is 9.59 Å². The van der Waals surface area contributed by atoms with Crippen molar-refractivity contribution in [2.45, 2.75) is 52.0 Å². The molecule has 4 amide bonds. The highest BCUT2D eigenvalue weighted by atomic mass is 16.4. The number of amides is 4. The lowest BCUT2D eigenvalue weighted by molar-refractivity contribution is -0.129. The number of likely N-dealkylation sites (tertiary alicyclic amines) is 1. The quantitative estimate of drug-likeness (QED) is 0.780. The van der Waals surface area contributed by atoms with Crippen molar-refractivity contribution < 1.29 is 19.5 Å². The Morgan fingerprint density at radius 2 is 1.84 bits per heavy atom. The Bertz CT molecular complexity index is 637. The number of imide groups is 1. The molecule has 7 heteroatoms. The molecule has 1 fully saturated rings. The maximum Gasteiger partial charge on any atom is 0.405 e. The number of rotatable bonds is 4. The first-order chi connectivity index (χ1) is 12.0. The molecule has 1 aliphatic heterocycles. The first kappa shape index (κ1) is 18.8. The summed E-state index contributed by atoms with van der Waals surface area (Å²) in [6.07, 6.45) is 2.02. The van der Waals surface area contributed by atoms with Crippen LogP contribution in [0.25, 0.3) is 0 Å². The molecule has 0 unspecified atom stereocenters. The SMILES string of the molecule is CCc1cccc(CC)c1NC(=O)N1CCCC[C@H](NC(=O)O)C1=O. The lowest BCUT2D eigenvalue weighted by atomic mass is 10.0. The van der Waals surface area contributed by atoms with Crippen molar-refractivity contribution >= 4 is 23.7 Å². The van der Waals surface area contributed by atoms with Gasteiger partial charge in [-0.05, 0) is 43.2 Å². The molecule has 3 N–H and O–H groups in total. The first-order valence-corrected chi connectivity index (χ1v) is 8.70. The molecule has 0 saturated carbocycles. The fourth-order valence-corrected chi connectivity index (χ4v) is 3.10. The summed E-state index contributed by atoms with van der Waals surface area (Å²) in [5, 5.41) is 14.0. The molecule has 1 aromatic rings. The van der Waals surface area contributed by atoms with E-state index in [-0.39, 0.29) is 6.54 Å². The van der Waals surface area contributed by atoms with Crippen LogP contribution in [0.5, 0.6) is 0 Å². The van der Waals surface area contributed by atoms with Crippen molar-refractivity contribution in [1.29, 1.82) is 0 Å². The Hall–Kier alpha value is -2.57. The van der Waals surface area contributed by atoms with E-state index in [0.29, 0.717) is 19.3 Å². The van der Waals surface area contributed by atoms with Crippen LogP contribution in [0.4, 0.5) is 15.3 Å². The molecule has 0 spiro atoms. The van der Waals surface area contributed by atoms with E-state index in [9.17, 15) is 14.4 Å². The van der Waals surface area contributed by atoms with Crippen LogP contribution < -0.4 is 10.6 Å². The summed E-state index contributed by atoms with van der Waals surface area (Å²) in [6.45, 7) is 4.31. The van der Waals surface area contributed by atoms with Crippen LogP contribution in [-0.4, -0.2) is 40.6 Å². The minimum Gasteiger partial charge on any atom is -0.465 e. The van der Waals surface area contributed by atoms with Gasteiger partial charge >= 0.3 is 12.1 Å². The second-order valence-electron chi connectivity index (χ2n) is 6.08. The molecule has 1 aromatic carbocycles. The van der Waals surface area contributed by atoms with Gasteiger partial charge in [0, 0.05) is 12.2 Å². The Balaban J connectivity index is 2.22. The molecular formula is C18H25N3O4. The van der Waals surface area contributed by atoms with Gasteiger partial charge < -0.3 is 15.7 Å². The number of carbonyl (C=O) groups excluding carboxylic acids is 2. The number of urea groups is 1. The topological polar surface area (TPSA) is 98.7 Å². The maximum absolute atomic E-state index is 12.7. The van der Waals surface area contributed by atoms with Gasteiger partial charge in [0.25, 0.3) is 5.91 Å². The van der Waals surface area contributed by atoms with Crippen LogP contribution in [0, 0.1) is 0 Å². The molecule has 1 heterocycles. The molecule has 2 rings (SSSR count).